The van der Waals surface area contributed by atoms with E-state index in [1.54, 1.807) is 0 Å². The van der Waals surface area contributed by atoms with Gasteiger partial charge in [-0.2, -0.15) is 0 Å². The molecule has 6 heteroatoms. The molecule has 1 atom stereocenters. The van der Waals surface area contributed by atoms with Crippen LogP contribution in [0.15, 0.2) is 53.5 Å². The topological polar surface area (TPSA) is 69.1 Å². The number of nitrogens with zero attached hydrogens (tertiary/aromatic N) is 2. The molecule has 1 unspecified atom stereocenters. The van der Waals surface area contributed by atoms with Gasteiger partial charge in [0.25, 0.3) is 0 Å². The molecule has 0 bridgehead atoms. The summed E-state index contributed by atoms with van der Waals surface area (Å²) in [4.78, 5) is 6.79. The third-order valence-electron chi connectivity index (χ3n) is 4.39. The fourth-order valence-electron chi connectivity index (χ4n) is 2.98. The van der Waals surface area contributed by atoms with Crippen molar-refractivity contribution in [1.29, 1.82) is 0 Å². The number of rotatable bonds is 10. The van der Waals surface area contributed by atoms with Gasteiger partial charge in [-0.05, 0) is 63.7 Å². The molecule has 0 spiro atoms. The Morgan fingerprint density at radius 2 is 1.63 bits per heavy atom. The number of nitrogens with one attached hydrogen (secondary N) is 2. The van der Waals surface area contributed by atoms with Crippen molar-refractivity contribution in [3.63, 3.8) is 0 Å². The van der Waals surface area contributed by atoms with Crippen molar-refractivity contribution in [3.8, 4) is 5.75 Å². The molecular formula is C24H36N4O2. The van der Waals surface area contributed by atoms with Gasteiger partial charge in [0.15, 0.2) is 5.96 Å². The molecule has 2 rings (SSSR count). The Kier molecular flexibility index (Phi) is 9.64. The summed E-state index contributed by atoms with van der Waals surface area (Å²) >= 11 is 0. The number of hydrogen-bond donors (Lipinski definition) is 3. The molecule has 0 aliphatic rings. The summed E-state index contributed by atoms with van der Waals surface area (Å²) in [5.74, 6) is 1.49. The van der Waals surface area contributed by atoms with Crippen LogP contribution in [-0.4, -0.2) is 49.3 Å². The number of benzene rings is 2. The largest absolute Gasteiger partial charge is 0.491 e. The van der Waals surface area contributed by atoms with Crippen molar-refractivity contribution in [2.24, 2.45) is 4.99 Å². The van der Waals surface area contributed by atoms with Gasteiger partial charge in [-0.3, -0.25) is 0 Å². The van der Waals surface area contributed by atoms with Crippen LogP contribution >= 0.6 is 0 Å². The van der Waals surface area contributed by atoms with Crippen LogP contribution in [0.3, 0.4) is 0 Å². The SMILES string of the molecule is CCNC(=NCc1ccc(CN(C)C)cc1)NCC(O)c1ccc(OC(C)C)cc1. The molecule has 0 aromatic heterocycles. The predicted molar refractivity (Wildman–Crippen MR) is 124 cm³/mol. The van der Waals surface area contributed by atoms with Crippen LogP contribution in [-0.2, 0) is 13.1 Å². The highest BCUT2D eigenvalue weighted by Crippen LogP contribution is 2.18. The van der Waals surface area contributed by atoms with Crippen molar-refractivity contribution < 1.29 is 9.84 Å². The summed E-state index contributed by atoms with van der Waals surface area (Å²) in [6, 6.07) is 16.1. The van der Waals surface area contributed by atoms with Gasteiger partial charge < -0.3 is 25.4 Å². The lowest BCUT2D eigenvalue weighted by Gasteiger charge is -2.16. The van der Waals surface area contributed by atoms with Crippen molar-refractivity contribution in [1.82, 2.24) is 15.5 Å². The zero-order chi connectivity index (χ0) is 21.9. The second kappa shape index (κ2) is 12.2. The predicted octanol–water partition coefficient (Wildman–Crippen LogP) is 3.32. The third kappa shape index (κ3) is 8.43. The number of aliphatic hydroxyl groups is 1. The lowest BCUT2D eigenvalue weighted by Crippen LogP contribution is -2.39. The molecule has 6 nitrogen and oxygen atoms in total. The Morgan fingerprint density at radius 1 is 1.00 bits per heavy atom. The number of ether oxygens (including phenoxy) is 1. The van der Waals surface area contributed by atoms with E-state index in [0.29, 0.717) is 19.0 Å². The number of aliphatic hydroxyl groups excluding tert-OH is 1. The maximum absolute atomic E-state index is 10.5. The Labute approximate surface area is 181 Å². The monoisotopic (exact) mass is 412 g/mol. The van der Waals surface area contributed by atoms with E-state index in [2.05, 4.69) is 58.9 Å². The number of guanidine groups is 1. The standard InChI is InChI=1S/C24H36N4O2/c1-6-25-24(26-15-19-7-9-20(10-8-19)17-28(4)5)27-16-23(29)21-11-13-22(14-12-21)30-18(2)3/h7-14,18,23,29H,6,15-17H2,1-5H3,(H2,25,26,27). The summed E-state index contributed by atoms with van der Waals surface area (Å²) in [6.07, 6.45) is -0.502. The molecule has 2 aromatic rings. The average Bonchev–Trinajstić information content (AvgIpc) is 2.70. The van der Waals surface area contributed by atoms with Crippen molar-refractivity contribution >= 4 is 5.96 Å². The zero-order valence-corrected chi connectivity index (χ0v) is 18.9. The minimum Gasteiger partial charge on any atom is -0.491 e. The van der Waals surface area contributed by atoms with Crippen molar-refractivity contribution in [2.45, 2.75) is 46.1 Å². The smallest absolute Gasteiger partial charge is 0.191 e. The van der Waals surface area contributed by atoms with Crippen LogP contribution in [0.5, 0.6) is 5.75 Å². The van der Waals surface area contributed by atoms with Gasteiger partial charge in [-0.1, -0.05) is 36.4 Å². The maximum atomic E-state index is 10.5. The number of aliphatic imine (C=N–C) groups is 1. The van der Waals surface area contributed by atoms with E-state index in [9.17, 15) is 5.11 Å². The summed E-state index contributed by atoms with van der Waals surface area (Å²) in [5, 5.41) is 17.0. The van der Waals surface area contributed by atoms with Gasteiger partial charge in [-0.15, -0.1) is 0 Å². The van der Waals surface area contributed by atoms with Gasteiger partial charge in [-0.25, -0.2) is 4.99 Å². The van der Waals surface area contributed by atoms with Crippen LogP contribution in [0.1, 0.15) is 43.6 Å². The molecule has 164 valence electrons. The molecule has 30 heavy (non-hydrogen) atoms. The lowest BCUT2D eigenvalue weighted by molar-refractivity contribution is 0.180. The second-order valence-corrected chi connectivity index (χ2v) is 7.88. The molecule has 0 saturated carbocycles. The van der Waals surface area contributed by atoms with E-state index in [1.807, 2.05) is 45.0 Å². The third-order valence-corrected chi connectivity index (χ3v) is 4.39. The minimum atomic E-state index is -0.632. The first-order valence-electron chi connectivity index (χ1n) is 10.6. The van der Waals surface area contributed by atoms with Crippen molar-refractivity contribution in [3.05, 3.63) is 65.2 Å². The molecule has 2 aromatic carbocycles. The molecular weight excluding hydrogens is 376 g/mol. The molecule has 3 N–H and O–H groups in total. The van der Waals surface area contributed by atoms with Gasteiger partial charge in [0.05, 0.1) is 18.8 Å². The second-order valence-electron chi connectivity index (χ2n) is 7.88. The number of hydrogen-bond acceptors (Lipinski definition) is 4. The van der Waals surface area contributed by atoms with E-state index < -0.39 is 6.10 Å². The quantitative estimate of drug-likeness (QED) is 0.413. The van der Waals surface area contributed by atoms with Gasteiger partial charge in [0.2, 0.25) is 0 Å². The zero-order valence-electron chi connectivity index (χ0n) is 18.9. The molecule has 0 saturated heterocycles. The first-order valence-corrected chi connectivity index (χ1v) is 10.6. The van der Waals surface area contributed by atoms with Crippen LogP contribution in [0.25, 0.3) is 0 Å². The van der Waals surface area contributed by atoms with E-state index in [4.69, 9.17) is 4.74 Å². The lowest BCUT2D eigenvalue weighted by atomic mass is 10.1. The summed E-state index contributed by atoms with van der Waals surface area (Å²) < 4.78 is 5.65. The Balaban J connectivity index is 1.91. The van der Waals surface area contributed by atoms with E-state index in [-0.39, 0.29) is 6.10 Å². The minimum absolute atomic E-state index is 0.130. The molecule has 0 fully saturated rings. The van der Waals surface area contributed by atoms with E-state index >= 15 is 0 Å². The highest BCUT2D eigenvalue weighted by Gasteiger charge is 2.09. The van der Waals surface area contributed by atoms with Crippen LogP contribution in [0.2, 0.25) is 0 Å². The van der Waals surface area contributed by atoms with Crippen molar-refractivity contribution in [2.75, 3.05) is 27.2 Å². The van der Waals surface area contributed by atoms with Crippen LogP contribution in [0, 0.1) is 0 Å². The van der Waals surface area contributed by atoms with Crippen LogP contribution in [0.4, 0.5) is 0 Å². The maximum Gasteiger partial charge on any atom is 0.191 e. The Hall–Kier alpha value is -2.57. The Morgan fingerprint density at radius 3 is 2.20 bits per heavy atom. The first-order chi connectivity index (χ1) is 14.4. The highest BCUT2D eigenvalue weighted by molar-refractivity contribution is 5.79. The summed E-state index contributed by atoms with van der Waals surface area (Å²) in [6.45, 7) is 8.64. The molecule has 0 amide bonds. The average molecular weight is 413 g/mol. The fourth-order valence-corrected chi connectivity index (χ4v) is 2.98. The Bertz CT molecular complexity index is 771. The molecule has 0 aliphatic carbocycles. The van der Waals surface area contributed by atoms with Gasteiger partial charge in [0.1, 0.15) is 5.75 Å². The van der Waals surface area contributed by atoms with Gasteiger partial charge >= 0.3 is 0 Å². The normalized spacial score (nSPS) is 12.9. The summed E-state index contributed by atoms with van der Waals surface area (Å²) in [5.41, 5.74) is 3.27. The van der Waals surface area contributed by atoms with E-state index in [0.717, 1.165) is 30.0 Å². The van der Waals surface area contributed by atoms with Gasteiger partial charge in [0, 0.05) is 19.6 Å². The summed E-state index contributed by atoms with van der Waals surface area (Å²) in [7, 11) is 4.13. The molecule has 0 aliphatic heterocycles. The van der Waals surface area contributed by atoms with E-state index in [1.165, 1.54) is 5.56 Å². The fraction of sp³-hybridized carbons (Fsp3) is 0.458. The first kappa shape index (κ1) is 23.7. The highest BCUT2D eigenvalue weighted by atomic mass is 16.5. The molecule has 0 heterocycles. The van der Waals surface area contributed by atoms with Crippen LogP contribution < -0.4 is 15.4 Å². The molecule has 0 radical (unpaired) electrons.